The highest BCUT2D eigenvalue weighted by Gasteiger charge is 2.22. The average molecular weight is 331 g/mol. The first kappa shape index (κ1) is 17.0. The van der Waals surface area contributed by atoms with Crippen LogP contribution in [0.25, 0.3) is 0 Å². The monoisotopic (exact) mass is 331 g/mol. The van der Waals surface area contributed by atoms with Crippen molar-refractivity contribution >= 4 is 5.96 Å². The van der Waals surface area contributed by atoms with Crippen LogP contribution in [0.15, 0.2) is 23.3 Å². The van der Waals surface area contributed by atoms with E-state index in [2.05, 4.69) is 27.1 Å². The number of guanidine groups is 1. The molecule has 2 fully saturated rings. The van der Waals surface area contributed by atoms with E-state index >= 15 is 0 Å². The van der Waals surface area contributed by atoms with Crippen LogP contribution in [0.2, 0.25) is 0 Å². The number of pyridine rings is 1. The van der Waals surface area contributed by atoms with E-state index < -0.39 is 0 Å². The number of likely N-dealkylation sites (tertiary alicyclic amines) is 1. The van der Waals surface area contributed by atoms with Crippen LogP contribution in [0, 0.1) is 0 Å². The molecule has 0 spiro atoms. The van der Waals surface area contributed by atoms with Crippen LogP contribution < -0.4 is 15.8 Å². The van der Waals surface area contributed by atoms with Gasteiger partial charge in [0.25, 0.3) is 0 Å². The number of hydrogen-bond acceptors (Lipinski definition) is 4. The van der Waals surface area contributed by atoms with Crippen molar-refractivity contribution in [2.24, 2.45) is 10.7 Å². The Morgan fingerprint density at radius 1 is 1.42 bits per heavy atom. The Morgan fingerprint density at radius 3 is 3.04 bits per heavy atom. The minimum atomic E-state index is 0.343. The van der Waals surface area contributed by atoms with E-state index in [9.17, 15) is 0 Å². The summed E-state index contributed by atoms with van der Waals surface area (Å²) in [7, 11) is 0. The van der Waals surface area contributed by atoms with Gasteiger partial charge in [0.2, 0.25) is 5.88 Å². The van der Waals surface area contributed by atoms with Gasteiger partial charge in [-0.1, -0.05) is 6.92 Å². The van der Waals surface area contributed by atoms with Gasteiger partial charge in [0.1, 0.15) is 6.10 Å². The molecule has 3 N–H and O–H groups in total. The summed E-state index contributed by atoms with van der Waals surface area (Å²) in [6, 6.07) is 4.50. The molecule has 1 aromatic rings. The van der Waals surface area contributed by atoms with Gasteiger partial charge < -0.3 is 15.8 Å². The second-order valence-corrected chi connectivity index (χ2v) is 6.68. The molecule has 1 saturated carbocycles. The van der Waals surface area contributed by atoms with Crippen molar-refractivity contribution in [1.29, 1.82) is 0 Å². The molecule has 6 nitrogen and oxygen atoms in total. The van der Waals surface area contributed by atoms with E-state index in [-0.39, 0.29) is 0 Å². The lowest BCUT2D eigenvalue weighted by atomic mass is 9.96. The summed E-state index contributed by atoms with van der Waals surface area (Å²) < 4.78 is 5.82. The molecule has 6 heteroatoms. The molecule has 0 aromatic carbocycles. The molecule has 1 atom stereocenters. The molecule has 1 unspecified atom stereocenters. The van der Waals surface area contributed by atoms with E-state index in [0.29, 0.717) is 30.5 Å². The summed E-state index contributed by atoms with van der Waals surface area (Å²) in [6.45, 7) is 5.92. The minimum Gasteiger partial charge on any atom is -0.474 e. The van der Waals surface area contributed by atoms with Crippen LogP contribution in [-0.4, -0.2) is 47.6 Å². The van der Waals surface area contributed by atoms with Crippen molar-refractivity contribution in [3.8, 4) is 5.88 Å². The fourth-order valence-corrected chi connectivity index (χ4v) is 3.27. The molecule has 132 valence electrons. The van der Waals surface area contributed by atoms with Crippen molar-refractivity contribution in [3.63, 3.8) is 0 Å². The molecular formula is C18H29N5O. The minimum absolute atomic E-state index is 0.343. The molecule has 3 rings (SSSR count). The summed E-state index contributed by atoms with van der Waals surface area (Å²) in [5.74, 6) is 1.21. The van der Waals surface area contributed by atoms with Gasteiger partial charge in [0.05, 0.1) is 6.54 Å². The fraction of sp³-hybridized carbons (Fsp3) is 0.667. The lowest BCUT2D eigenvalue weighted by Crippen LogP contribution is -2.42. The van der Waals surface area contributed by atoms with Gasteiger partial charge in [-0.3, -0.25) is 4.90 Å². The van der Waals surface area contributed by atoms with Gasteiger partial charge in [0.15, 0.2) is 5.96 Å². The van der Waals surface area contributed by atoms with E-state index in [0.717, 1.165) is 31.5 Å². The van der Waals surface area contributed by atoms with Gasteiger partial charge in [-0.15, -0.1) is 0 Å². The van der Waals surface area contributed by atoms with Crippen LogP contribution in [0.3, 0.4) is 0 Å². The highest BCUT2D eigenvalue weighted by molar-refractivity contribution is 5.77. The largest absolute Gasteiger partial charge is 0.474 e. The maximum atomic E-state index is 6.01. The number of nitrogens with one attached hydrogen (secondary N) is 1. The van der Waals surface area contributed by atoms with E-state index in [1.165, 1.54) is 25.8 Å². The zero-order chi connectivity index (χ0) is 16.8. The summed E-state index contributed by atoms with van der Waals surface area (Å²) in [6.07, 6.45) is 8.16. The van der Waals surface area contributed by atoms with Crippen molar-refractivity contribution in [3.05, 3.63) is 23.9 Å². The number of aromatic nitrogens is 1. The predicted octanol–water partition coefficient (Wildman–Crippen LogP) is 1.90. The number of nitrogens with two attached hydrogens (primary N) is 1. The third-order valence-corrected chi connectivity index (χ3v) is 4.99. The van der Waals surface area contributed by atoms with Crippen molar-refractivity contribution in [2.75, 3.05) is 19.6 Å². The highest BCUT2D eigenvalue weighted by Crippen LogP contribution is 2.24. The number of ether oxygens (including phenoxy) is 1. The lowest BCUT2D eigenvalue weighted by Gasteiger charge is -2.25. The van der Waals surface area contributed by atoms with Crippen molar-refractivity contribution in [2.45, 2.75) is 57.7 Å². The standard InChI is InChI=1S/C18H29N5O/c1-2-23-10-4-5-15(23)13-22-18(19)21-12-14-8-9-20-17(11-14)24-16-6-3-7-16/h8-9,11,15-16H,2-7,10,12-13H2,1H3,(H3,19,21,22). The smallest absolute Gasteiger partial charge is 0.213 e. The van der Waals surface area contributed by atoms with Crippen molar-refractivity contribution in [1.82, 2.24) is 15.2 Å². The molecule has 1 aromatic heterocycles. The Kier molecular flexibility index (Phi) is 5.91. The molecule has 2 heterocycles. The number of rotatable bonds is 7. The van der Waals surface area contributed by atoms with E-state index in [1.807, 2.05) is 12.1 Å². The summed E-state index contributed by atoms with van der Waals surface area (Å²) >= 11 is 0. The van der Waals surface area contributed by atoms with Gasteiger partial charge >= 0.3 is 0 Å². The second kappa shape index (κ2) is 8.33. The number of likely N-dealkylation sites (N-methyl/N-ethyl adjacent to an activating group) is 1. The second-order valence-electron chi connectivity index (χ2n) is 6.68. The molecule has 0 bridgehead atoms. The van der Waals surface area contributed by atoms with Crippen molar-refractivity contribution < 1.29 is 4.74 Å². The Labute approximate surface area is 144 Å². The Bertz CT molecular complexity index is 558. The molecule has 0 radical (unpaired) electrons. The molecule has 24 heavy (non-hydrogen) atoms. The normalized spacial score (nSPS) is 22.4. The topological polar surface area (TPSA) is 75.8 Å². The summed E-state index contributed by atoms with van der Waals surface area (Å²) in [4.78, 5) is 11.2. The quantitative estimate of drug-likeness (QED) is 0.589. The van der Waals surface area contributed by atoms with Crippen LogP contribution >= 0.6 is 0 Å². The third-order valence-electron chi connectivity index (χ3n) is 4.99. The zero-order valence-electron chi connectivity index (χ0n) is 14.6. The first-order chi connectivity index (χ1) is 11.7. The Balaban J connectivity index is 1.46. The fourth-order valence-electron chi connectivity index (χ4n) is 3.27. The maximum Gasteiger partial charge on any atom is 0.213 e. The maximum absolute atomic E-state index is 6.01. The SMILES string of the molecule is CCN1CCCC1CNC(N)=NCc1ccnc(OC2CCC2)c1. The van der Waals surface area contributed by atoms with Gasteiger partial charge in [-0.25, -0.2) is 9.98 Å². The van der Waals surface area contributed by atoms with Gasteiger partial charge in [-0.05, 0) is 56.8 Å². The molecule has 0 amide bonds. The Morgan fingerprint density at radius 2 is 2.29 bits per heavy atom. The van der Waals surface area contributed by atoms with Crippen LogP contribution in [0.5, 0.6) is 5.88 Å². The zero-order valence-corrected chi connectivity index (χ0v) is 14.6. The summed E-state index contributed by atoms with van der Waals surface area (Å²) in [5, 5.41) is 3.26. The van der Waals surface area contributed by atoms with Gasteiger partial charge in [-0.2, -0.15) is 0 Å². The average Bonchev–Trinajstić information content (AvgIpc) is 3.02. The van der Waals surface area contributed by atoms with Gasteiger partial charge in [0, 0.05) is 24.8 Å². The third kappa shape index (κ3) is 4.60. The van der Waals surface area contributed by atoms with Crippen LogP contribution in [-0.2, 0) is 6.54 Å². The van der Waals surface area contributed by atoms with E-state index in [4.69, 9.17) is 10.5 Å². The van der Waals surface area contributed by atoms with Crippen LogP contribution in [0.1, 0.15) is 44.6 Å². The molecule has 1 aliphatic heterocycles. The summed E-state index contributed by atoms with van der Waals surface area (Å²) in [5.41, 5.74) is 7.08. The predicted molar refractivity (Wildman–Crippen MR) is 96.1 cm³/mol. The first-order valence-electron chi connectivity index (χ1n) is 9.14. The molecule has 1 saturated heterocycles. The lowest BCUT2D eigenvalue weighted by molar-refractivity contribution is 0.114. The number of aliphatic imine (C=N–C) groups is 1. The molecular weight excluding hydrogens is 302 g/mol. The molecule has 2 aliphatic rings. The first-order valence-corrected chi connectivity index (χ1v) is 9.14. The molecule has 1 aliphatic carbocycles. The number of hydrogen-bond donors (Lipinski definition) is 2. The highest BCUT2D eigenvalue weighted by atomic mass is 16.5. The number of nitrogens with zero attached hydrogens (tertiary/aromatic N) is 3. The Hall–Kier alpha value is -1.82. The van der Waals surface area contributed by atoms with Crippen LogP contribution in [0.4, 0.5) is 0 Å². The van der Waals surface area contributed by atoms with E-state index in [1.54, 1.807) is 6.20 Å².